The minimum atomic E-state index is -0.844. The number of aromatic amines is 1. The Kier molecular flexibility index (Phi) is 2.91. The minimum Gasteiger partial charge on any atom is -0.381 e. The van der Waals surface area contributed by atoms with E-state index in [1.807, 2.05) is 30.5 Å². The van der Waals surface area contributed by atoms with E-state index in [1.165, 1.54) is 6.07 Å². The monoisotopic (exact) mass is 258 g/mol. The zero-order chi connectivity index (χ0) is 13.2. The predicted octanol–water partition coefficient (Wildman–Crippen LogP) is 4.06. The molecule has 0 saturated carbocycles. The van der Waals surface area contributed by atoms with E-state index in [9.17, 15) is 8.78 Å². The first-order chi connectivity index (χ1) is 9.24. The molecule has 0 radical (unpaired) electrons. The first-order valence-electron chi connectivity index (χ1n) is 5.98. The number of para-hydroxylation sites is 1. The first kappa shape index (κ1) is 11.7. The van der Waals surface area contributed by atoms with E-state index in [-0.39, 0.29) is 0 Å². The van der Waals surface area contributed by atoms with Gasteiger partial charge in [-0.05, 0) is 23.8 Å². The molecule has 96 valence electrons. The molecule has 0 atom stereocenters. The number of hydrogen-bond acceptors (Lipinski definition) is 1. The molecule has 2 aromatic carbocycles. The predicted molar refractivity (Wildman–Crippen MR) is 72.0 cm³/mol. The van der Waals surface area contributed by atoms with Crippen molar-refractivity contribution in [3.05, 3.63) is 65.9 Å². The molecule has 2 nitrogen and oxygen atoms in total. The van der Waals surface area contributed by atoms with E-state index >= 15 is 0 Å². The average Bonchev–Trinajstić information content (AvgIpc) is 2.83. The quantitative estimate of drug-likeness (QED) is 0.728. The Morgan fingerprint density at radius 3 is 2.68 bits per heavy atom. The summed E-state index contributed by atoms with van der Waals surface area (Å²) in [6.45, 7) is 0.551. The topological polar surface area (TPSA) is 27.8 Å². The molecule has 0 amide bonds. The molecule has 3 rings (SSSR count). The molecule has 0 fully saturated rings. The molecule has 4 heteroatoms. The highest BCUT2D eigenvalue weighted by Gasteiger charge is 2.04. The summed E-state index contributed by atoms with van der Waals surface area (Å²) in [5.74, 6) is -1.68. The number of anilines is 1. The van der Waals surface area contributed by atoms with Crippen molar-refractivity contribution in [1.82, 2.24) is 4.98 Å². The van der Waals surface area contributed by atoms with E-state index < -0.39 is 11.6 Å². The molecule has 0 aliphatic heterocycles. The number of nitrogens with one attached hydrogen (secondary N) is 2. The highest BCUT2D eigenvalue weighted by atomic mass is 19.2. The lowest BCUT2D eigenvalue weighted by molar-refractivity contribution is 0.509. The molecule has 2 N–H and O–H groups in total. The zero-order valence-corrected chi connectivity index (χ0v) is 10.1. The molecule has 3 aromatic rings. The number of benzene rings is 2. The maximum absolute atomic E-state index is 13.1. The van der Waals surface area contributed by atoms with Crippen LogP contribution < -0.4 is 5.32 Å². The van der Waals surface area contributed by atoms with Gasteiger partial charge < -0.3 is 10.3 Å². The van der Waals surface area contributed by atoms with Crippen molar-refractivity contribution >= 4 is 16.6 Å². The van der Waals surface area contributed by atoms with E-state index in [0.29, 0.717) is 12.2 Å². The number of H-pyrrole nitrogens is 1. The average molecular weight is 258 g/mol. The maximum Gasteiger partial charge on any atom is 0.160 e. The molecule has 0 spiro atoms. The summed E-state index contributed by atoms with van der Waals surface area (Å²) in [6.07, 6.45) is 1.91. The number of halogens is 2. The van der Waals surface area contributed by atoms with Crippen LogP contribution in [-0.4, -0.2) is 4.98 Å². The first-order valence-corrected chi connectivity index (χ1v) is 5.98. The summed E-state index contributed by atoms with van der Waals surface area (Å²) < 4.78 is 25.9. The molecule has 1 heterocycles. The lowest BCUT2D eigenvalue weighted by atomic mass is 10.2. The molecule has 0 saturated heterocycles. The van der Waals surface area contributed by atoms with Crippen molar-refractivity contribution in [2.75, 3.05) is 5.32 Å². The van der Waals surface area contributed by atoms with Crippen molar-refractivity contribution < 1.29 is 8.78 Å². The summed E-state index contributed by atoms with van der Waals surface area (Å²) in [6, 6.07) is 11.7. The fourth-order valence-electron chi connectivity index (χ4n) is 2.08. The standard InChI is InChI=1S/C15H12F2N2/c16-13-6-5-11(7-14(13)17)18-8-10-9-19-15-4-2-1-3-12(10)15/h1-7,9,18-19H,8H2. The molecule has 0 unspecified atom stereocenters. The van der Waals surface area contributed by atoms with Crippen molar-refractivity contribution in [2.24, 2.45) is 0 Å². The Labute approximate surface area is 109 Å². The Bertz CT molecular complexity index is 719. The van der Waals surface area contributed by atoms with Gasteiger partial charge in [0.25, 0.3) is 0 Å². The van der Waals surface area contributed by atoms with Gasteiger partial charge >= 0.3 is 0 Å². The van der Waals surface area contributed by atoms with Crippen molar-refractivity contribution in [3.63, 3.8) is 0 Å². The number of hydrogen-bond donors (Lipinski definition) is 2. The summed E-state index contributed by atoms with van der Waals surface area (Å²) in [7, 11) is 0. The van der Waals surface area contributed by atoms with Gasteiger partial charge in [-0.15, -0.1) is 0 Å². The highest BCUT2D eigenvalue weighted by molar-refractivity contribution is 5.83. The van der Waals surface area contributed by atoms with Crippen LogP contribution in [0.2, 0.25) is 0 Å². The van der Waals surface area contributed by atoms with Crippen LogP contribution in [0.15, 0.2) is 48.7 Å². The third-order valence-electron chi connectivity index (χ3n) is 3.08. The smallest absolute Gasteiger partial charge is 0.160 e. The summed E-state index contributed by atoms with van der Waals surface area (Å²) >= 11 is 0. The maximum atomic E-state index is 13.1. The molecular formula is C15H12F2N2. The Morgan fingerprint density at radius 1 is 1.00 bits per heavy atom. The number of aromatic nitrogens is 1. The SMILES string of the molecule is Fc1ccc(NCc2c[nH]c3ccccc23)cc1F. The zero-order valence-electron chi connectivity index (χ0n) is 10.1. The fourth-order valence-corrected chi connectivity index (χ4v) is 2.08. The van der Waals surface area contributed by atoms with Crippen LogP contribution in [0.25, 0.3) is 10.9 Å². The molecule has 19 heavy (non-hydrogen) atoms. The van der Waals surface area contributed by atoms with Crippen LogP contribution in [0, 0.1) is 11.6 Å². The van der Waals surface area contributed by atoms with E-state index in [0.717, 1.165) is 28.6 Å². The van der Waals surface area contributed by atoms with E-state index in [4.69, 9.17) is 0 Å². The second kappa shape index (κ2) is 4.72. The van der Waals surface area contributed by atoms with E-state index in [2.05, 4.69) is 10.3 Å². The third kappa shape index (κ3) is 2.29. The normalized spacial score (nSPS) is 10.8. The van der Waals surface area contributed by atoms with Crippen molar-refractivity contribution in [3.8, 4) is 0 Å². The fraction of sp³-hybridized carbons (Fsp3) is 0.0667. The molecule has 0 bridgehead atoms. The Hall–Kier alpha value is -2.36. The third-order valence-corrected chi connectivity index (χ3v) is 3.08. The van der Waals surface area contributed by atoms with Crippen LogP contribution in [0.1, 0.15) is 5.56 Å². The largest absolute Gasteiger partial charge is 0.381 e. The van der Waals surface area contributed by atoms with Crippen LogP contribution in [0.4, 0.5) is 14.5 Å². The summed E-state index contributed by atoms with van der Waals surface area (Å²) in [5, 5.41) is 4.20. The van der Waals surface area contributed by atoms with Gasteiger partial charge in [0, 0.05) is 35.4 Å². The highest BCUT2D eigenvalue weighted by Crippen LogP contribution is 2.19. The van der Waals surface area contributed by atoms with Gasteiger partial charge in [0.05, 0.1) is 0 Å². The van der Waals surface area contributed by atoms with Gasteiger partial charge in [0.15, 0.2) is 11.6 Å². The molecule has 0 aliphatic rings. The number of rotatable bonds is 3. The van der Waals surface area contributed by atoms with Crippen LogP contribution in [0.3, 0.4) is 0 Å². The Morgan fingerprint density at radius 2 is 1.84 bits per heavy atom. The molecule has 1 aromatic heterocycles. The summed E-state index contributed by atoms with van der Waals surface area (Å²) in [4.78, 5) is 3.17. The lowest BCUT2D eigenvalue weighted by Gasteiger charge is -2.06. The number of fused-ring (bicyclic) bond motifs is 1. The van der Waals surface area contributed by atoms with Gasteiger partial charge in [-0.1, -0.05) is 18.2 Å². The van der Waals surface area contributed by atoms with Gasteiger partial charge in [-0.3, -0.25) is 0 Å². The van der Waals surface area contributed by atoms with Crippen LogP contribution in [0.5, 0.6) is 0 Å². The van der Waals surface area contributed by atoms with Gasteiger partial charge in [-0.25, -0.2) is 8.78 Å². The summed E-state index contributed by atoms with van der Waals surface area (Å²) in [5.41, 5.74) is 2.70. The van der Waals surface area contributed by atoms with Crippen molar-refractivity contribution in [1.29, 1.82) is 0 Å². The molecule has 0 aliphatic carbocycles. The minimum absolute atomic E-state index is 0.551. The van der Waals surface area contributed by atoms with E-state index in [1.54, 1.807) is 0 Å². The Balaban J connectivity index is 1.80. The van der Waals surface area contributed by atoms with Gasteiger partial charge in [-0.2, -0.15) is 0 Å². The molecular weight excluding hydrogens is 246 g/mol. The lowest BCUT2D eigenvalue weighted by Crippen LogP contribution is -1.99. The van der Waals surface area contributed by atoms with Crippen LogP contribution in [-0.2, 0) is 6.54 Å². The second-order valence-electron chi connectivity index (χ2n) is 4.34. The second-order valence-corrected chi connectivity index (χ2v) is 4.34. The van der Waals surface area contributed by atoms with Crippen molar-refractivity contribution in [2.45, 2.75) is 6.54 Å². The van der Waals surface area contributed by atoms with Crippen LogP contribution >= 0.6 is 0 Å². The van der Waals surface area contributed by atoms with Gasteiger partial charge in [0.1, 0.15) is 0 Å². The van der Waals surface area contributed by atoms with Gasteiger partial charge in [0.2, 0.25) is 0 Å².